The number of hydrogen-bond donors (Lipinski definition) is 4. The van der Waals surface area contributed by atoms with Crippen molar-refractivity contribution in [3.05, 3.63) is 71.8 Å². The van der Waals surface area contributed by atoms with Crippen LogP contribution in [0.5, 0.6) is 0 Å². The second kappa shape index (κ2) is 5.94. The van der Waals surface area contributed by atoms with E-state index in [9.17, 15) is 5.11 Å². The highest BCUT2D eigenvalue weighted by Gasteiger charge is 2.51. The zero-order valence-electron chi connectivity index (χ0n) is 14.3. The fourth-order valence-electron chi connectivity index (χ4n) is 3.51. The average molecular weight is 368 g/mol. The van der Waals surface area contributed by atoms with E-state index in [0.29, 0.717) is 17.5 Å². The normalized spacial score (nSPS) is 28.0. The summed E-state index contributed by atoms with van der Waals surface area (Å²) in [7, 11) is 0. The quantitative estimate of drug-likeness (QED) is 0.469. The summed E-state index contributed by atoms with van der Waals surface area (Å²) in [6, 6.07) is 19.3. The number of guanidine groups is 1. The Balaban J connectivity index is 1.88. The van der Waals surface area contributed by atoms with Crippen LogP contribution < -0.4 is 16.7 Å². The molecule has 0 radical (unpaired) electrons. The van der Waals surface area contributed by atoms with Crippen LogP contribution in [0.3, 0.4) is 0 Å². The summed E-state index contributed by atoms with van der Waals surface area (Å²) in [5, 5.41) is 19.3. The minimum atomic E-state index is -1.38. The van der Waals surface area contributed by atoms with Gasteiger partial charge in [-0.2, -0.15) is 0 Å². The van der Waals surface area contributed by atoms with Crippen molar-refractivity contribution < 1.29 is 5.11 Å². The molecule has 2 aromatic carbocycles. The number of hydrogen-bond acceptors (Lipinski definition) is 6. The third-order valence-electron chi connectivity index (χ3n) is 4.92. The van der Waals surface area contributed by atoms with Crippen LogP contribution >= 0.6 is 12.2 Å². The van der Waals surface area contributed by atoms with Crippen molar-refractivity contribution in [3.63, 3.8) is 0 Å². The van der Waals surface area contributed by atoms with Gasteiger partial charge in [-0.3, -0.25) is 10.9 Å². The number of hydrazine groups is 2. The summed E-state index contributed by atoms with van der Waals surface area (Å²) in [6.45, 7) is 2.02. The SMILES string of the molecule is CC1(c2ccccc2)CC(O)(c2ccccc2)NN=C2N(N)C(=S)NN21. The largest absolute Gasteiger partial charge is 0.366 e. The molecule has 0 bridgehead atoms. The Morgan fingerprint density at radius 3 is 2.27 bits per heavy atom. The molecule has 1 fully saturated rings. The van der Waals surface area contributed by atoms with Crippen LogP contribution in [-0.2, 0) is 11.3 Å². The van der Waals surface area contributed by atoms with Crippen molar-refractivity contribution in [1.82, 2.24) is 20.9 Å². The number of nitrogens with one attached hydrogen (secondary N) is 2. The number of benzene rings is 2. The molecule has 2 aliphatic rings. The number of thiocarbonyl (C=S) groups is 1. The van der Waals surface area contributed by atoms with E-state index in [1.54, 1.807) is 5.01 Å². The monoisotopic (exact) mass is 368 g/mol. The molecule has 0 aromatic heterocycles. The molecular formula is C18H20N6OS. The van der Waals surface area contributed by atoms with Crippen molar-refractivity contribution in [2.45, 2.75) is 24.6 Å². The maximum atomic E-state index is 11.5. The van der Waals surface area contributed by atoms with Crippen molar-refractivity contribution in [1.29, 1.82) is 0 Å². The maximum absolute atomic E-state index is 11.5. The molecule has 8 heteroatoms. The summed E-state index contributed by atoms with van der Waals surface area (Å²) in [5.74, 6) is 6.46. The van der Waals surface area contributed by atoms with Crippen LogP contribution in [0.2, 0.25) is 0 Å². The summed E-state index contributed by atoms with van der Waals surface area (Å²) in [5.41, 5.74) is 5.67. The smallest absolute Gasteiger partial charge is 0.259 e. The third kappa shape index (κ3) is 2.50. The Morgan fingerprint density at radius 2 is 1.65 bits per heavy atom. The predicted octanol–water partition coefficient (Wildman–Crippen LogP) is 1.29. The number of aliphatic hydroxyl groups is 1. The molecule has 2 atom stereocenters. The molecule has 0 spiro atoms. The summed E-state index contributed by atoms with van der Waals surface area (Å²) < 4.78 is 0. The molecule has 26 heavy (non-hydrogen) atoms. The number of hydrazone groups is 1. The van der Waals surface area contributed by atoms with Crippen LogP contribution in [0.15, 0.2) is 65.8 Å². The number of nitrogens with zero attached hydrogens (tertiary/aromatic N) is 3. The fourth-order valence-corrected chi connectivity index (χ4v) is 3.69. The molecular weight excluding hydrogens is 348 g/mol. The second-order valence-electron chi connectivity index (χ2n) is 6.69. The Bertz CT molecular complexity index is 860. The van der Waals surface area contributed by atoms with E-state index in [1.165, 1.54) is 5.01 Å². The van der Waals surface area contributed by atoms with E-state index in [-0.39, 0.29) is 0 Å². The second-order valence-corrected chi connectivity index (χ2v) is 7.08. The van der Waals surface area contributed by atoms with Gasteiger partial charge >= 0.3 is 0 Å². The van der Waals surface area contributed by atoms with Crippen LogP contribution in [0.25, 0.3) is 0 Å². The Hall–Kier alpha value is -2.68. The molecule has 2 aromatic rings. The maximum Gasteiger partial charge on any atom is 0.259 e. The van der Waals surface area contributed by atoms with Crippen molar-refractivity contribution in [2.75, 3.05) is 0 Å². The van der Waals surface area contributed by atoms with E-state index in [1.807, 2.05) is 67.6 Å². The van der Waals surface area contributed by atoms with E-state index >= 15 is 0 Å². The lowest BCUT2D eigenvalue weighted by atomic mass is 9.81. The summed E-state index contributed by atoms with van der Waals surface area (Å²) in [6.07, 6.45) is 0.310. The lowest BCUT2D eigenvalue weighted by Gasteiger charge is -2.41. The van der Waals surface area contributed by atoms with Gasteiger partial charge in [0.1, 0.15) is 0 Å². The van der Waals surface area contributed by atoms with Gasteiger partial charge in [-0.05, 0) is 24.7 Å². The highest BCUT2D eigenvalue weighted by molar-refractivity contribution is 7.80. The minimum Gasteiger partial charge on any atom is -0.366 e. The van der Waals surface area contributed by atoms with Gasteiger partial charge < -0.3 is 5.11 Å². The Morgan fingerprint density at radius 1 is 1.08 bits per heavy atom. The Labute approximate surface area is 157 Å². The van der Waals surface area contributed by atoms with Gasteiger partial charge in [0.05, 0.1) is 5.54 Å². The molecule has 0 saturated carbocycles. The summed E-state index contributed by atoms with van der Waals surface area (Å²) in [4.78, 5) is 0. The number of rotatable bonds is 2. The van der Waals surface area contributed by atoms with E-state index in [0.717, 1.165) is 11.1 Å². The molecule has 7 nitrogen and oxygen atoms in total. The van der Waals surface area contributed by atoms with Gasteiger partial charge in [0.2, 0.25) is 5.11 Å². The highest BCUT2D eigenvalue weighted by Crippen LogP contribution is 2.41. The molecule has 2 heterocycles. The minimum absolute atomic E-state index is 0.310. The average Bonchev–Trinajstić information content (AvgIpc) is 2.89. The topological polar surface area (TPSA) is 89.1 Å². The first-order valence-electron chi connectivity index (χ1n) is 8.28. The van der Waals surface area contributed by atoms with Gasteiger partial charge in [-0.1, -0.05) is 60.7 Å². The van der Waals surface area contributed by atoms with Crippen molar-refractivity contribution in [3.8, 4) is 0 Å². The van der Waals surface area contributed by atoms with Crippen LogP contribution in [-0.4, -0.2) is 26.2 Å². The molecule has 2 unspecified atom stereocenters. The Kier molecular flexibility index (Phi) is 3.83. The van der Waals surface area contributed by atoms with Gasteiger partial charge in [-0.15, -0.1) is 5.10 Å². The molecule has 2 aliphatic heterocycles. The number of fused-ring (bicyclic) bond motifs is 1. The van der Waals surface area contributed by atoms with Gasteiger partial charge in [0.15, 0.2) is 5.72 Å². The molecule has 4 rings (SSSR count). The molecule has 134 valence electrons. The van der Waals surface area contributed by atoms with Crippen LogP contribution in [0.4, 0.5) is 0 Å². The lowest BCUT2D eigenvalue weighted by Crippen LogP contribution is -2.53. The zero-order valence-corrected chi connectivity index (χ0v) is 15.1. The lowest BCUT2D eigenvalue weighted by molar-refractivity contribution is -0.0430. The zero-order chi connectivity index (χ0) is 18.4. The van der Waals surface area contributed by atoms with Crippen LogP contribution in [0.1, 0.15) is 24.5 Å². The first kappa shape index (κ1) is 16.8. The van der Waals surface area contributed by atoms with E-state index in [2.05, 4.69) is 16.0 Å². The fraction of sp³-hybridized carbons (Fsp3) is 0.222. The standard InChI is InChI=1S/C18H20N6OS/c1-17(13-8-4-2-5-9-13)12-18(25,14-10-6-3-7-11-14)22-20-15-23(19)16(26)21-24(15)17/h2-11,22,25H,12,19H2,1H3,(H,21,26). The molecule has 5 N–H and O–H groups in total. The third-order valence-corrected chi connectivity index (χ3v) is 5.21. The van der Waals surface area contributed by atoms with Gasteiger partial charge in [0.25, 0.3) is 5.96 Å². The van der Waals surface area contributed by atoms with Crippen molar-refractivity contribution in [2.24, 2.45) is 10.9 Å². The van der Waals surface area contributed by atoms with E-state index < -0.39 is 11.3 Å². The first-order valence-corrected chi connectivity index (χ1v) is 8.69. The molecule has 0 amide bonds. The molecule has 0 aliphatic carbocycles. The highest BCUT2D eigenvalue weighted by atomic mass is 32.1. The van der Waals surface area contributed by atoms with E-state index in [4.69, 9.17) is 18.1 Å². The number of nitrogens with two attached hydrogens (primary N) is 1. The molecule has 1 saturated heterocycles. The summed E-state index contributed by atoms with van der Waals surface area (Å²) >= 11 is 5.28. The predicted molar refractivity (Wildman–Crippen MR) is 103 cm³/mol. The van der Waals surface area contributed by atoms with Gasteiger partial charge in [0, 0.05) is 12.0 Å². The van der Waals surface area contributed by atoms with Crippen molar-refractivity contribution >= 4 is 23.3 Å². The first-order chi connectivity index (χ1) is 12.4. The van der Waals surface area contributed by atoms with Gasteiger partial charge in [-0.25, -0.2) is 15.9 Å². The van der Waals surface area contributed by atoms with Crippen LogP contribution in [0, 0.1) is 0 Å².